The SMILES string of the molecule is CC1CCCCC1N(C)Cc1ccoc1CNC(C)(C)C. The van der Waals surface area contributed by atoms with E-state index in [1.807, 2.05) is 6.26 Å². The highest BCUT2D eigenvalue weighted by atomic mass is 16.3. The van der Waals surface area contributed by atoms with Gasteiger partial charge in [0.1, 0.15) is 5.76 Å². The highest BCUT2D eigenvalue weighted by Crippen LogP contribution is 2.28. The molecule has 1 saturated carbocycles. The van der Waals surface area contributed by atoms with E-state index in [0.29, 0.717) is 0 Å². The molecule has 3 heteroatoms. The standard InChI is InChI=1S/C18H32N2O/c1-14-8-6-7-9-16(14)20(5)13-15-10-11-21-17(15)12-19-18(2,3)4/h10-11,14,16,19H,6-9,12-13H2,1-5H3. The van der Waals surface area contributed by atoms with E-state index in [2.05, 4.69) is 51.0 Å². The van der Waals surface area contributed by atoms with Crippen LogP contribution in [0.4, 0.5) is 0 Å². The quantitative estimate of drug-likeness (QED) is 0.882. The Morgan fingerprint density at radius 3 is 2.67 bits per heavy atom. The molecule has 0 spiro atoms. The van der Waals surface area contributed by atoms with E-state index in [9.17, 15) is 0 Å². The third-order valence-electron chi connectivity index (χ3n) is 4.67. The summed E-state index contributed by atoms with van der Waals surface area (Å²) in [6, 6.07) is 2.85. The minimum atomic E-state index is 0.119. The van der Waals surface area contributed by atoms with E-state index in [1.54, 1.807) is 0 Å². The number of rotatable bonds is 5. The Bertz CT molecular complexity index is 433. The number of nitrogens with zero attached hydrogens (tertiary/aromatic N) is 1. The summed E-state index contributed by atoms with van der Waals surface area (Å²) < 4.78 is 5.69. The van der Waals surface area contributed by atoms with Crippen molar-refractivity contribution < 1.29 is 4.42 Å². The molecule has 0 saturated heterocycles. The molecule has 1 heterocycles. The zero-order valence-corrected chi connectivity index (χ0v) is 14.4. The molecule has 1 aromatic rings. The zero-order chi connectivity index (χ0) is 15.5. The molecule has 21 heavy (non-hydrogen) atoms. The Morgan fingerprint density at radius 2 is 2.00 bits per heavy atom. The smallest absolute Gasteiger partial charge is 0.122 e. The Labute approximate surface area is 130 Å². The Balaban J connectivity index is 1.94. The van der Waals surface area contributed by atoms with Crippen LogP contribution in [0.1, 0.15) is 64.7 Å². The summed E-state index contributed by atoms with van der Waals surface area (Å²) in [4.78, 5) is 2.52. The molecule has 1 fully saturated rings. The van der Waals surface area contributed by atoms with Crippen LogP contribution in [0, 0.1) is 5.92 Å². The lowest BCUT2D eigenvalue weighted by atomic mass is 9.85. The lowest BCUT2D eigenvalue weighted by molar-refractivity contribution is 0.132. The van der Waals surface area contributed by atoms with Crippen LogP contribution in [0.5, 0.6) is 0 Å². The fourth-order valence-corrected chi connectivity index (χ4v) is 3.35. The van der Waals surface area contributed by atoms with Gasteiger partial charge in [-0.05, 0) is 52.6 Å². The zero-order valence-electron chi connectivity index (χ0n) is 14.4. The fourth-order valence-electron chi connectivity index (χ4n) is 3.35. The summed E-state index contributed by atoms with van der Waals surface area (Å²) in [6.07, 6.45) is 7.32. The van der Waals surface area contributed by atoms with Crippen LogP contribution in [0.2, 0.25) is 0 Å². The van der Waals surface area contributed by atoms with Gasteiger partial charge < -0.3 is 9.73 Å². The Morgan fingerprint density at radius 1 is 1.29 bits per heavy atom. The third kappa shape index (κ3) is 4.86. The van der Waals surface area contributed by atoms with E-state index in [4.69, 9.17) is 4.42 Å². The molecule has 0 aromatic carbocycles. The van der Waals surface area contributed by atoms with Gasteiger partial charge >= 0.3 is 0 Å². The van der Waals surface area contributed by atoms with Gasteiger partial charge in [-0.2, -0.15) is 0 Å². The number of furan rings is 1. The maximum atomic E-state index is 5.69. The predicted octanol–water partition coefficient (Wildman–Crippen LogP) is 4.18. The van der Waals surface area contributed by atoms with Crippen molar-refractivity contribution in [3.8, 4) is 0 Å². The second kappa shape index (κ2) is 6.97. The highest BCUT2D eigenvalue weighted by molar-refractivity contribution is 5.17. The first-order valence-corrected chi connectivity index (χ1v) is 8.37. The first-order chi connectivity index (χ1) is 9.87. The van der Waals surface area contributed by atoms with E-state index in [-0.39, 0.29) is 5.54 Å². The van der Waals surface area contributed by atoms with Crippen LogP contribution in [0.3, 0.4) is 0 Å². The molecule has 0 aliphatic heterocycles. The lowest BCUT2D eigenvalue weighted by Gasteiger charge is -2.36. The van der Waals surface area contributed by atoms with E-state index in [0.717, 1.165) is 30.8 Å². The normalized spacial score (nSPS) is 23.7. The molecule has 1 aliphatic carbocycles. The average molecular weight is 292 g/mol. The van der Waals surface area contributed by atoms with Gasteiger partial charge in [-0.3, -0.25) is 4.90 Å². The van der Waals surface area contributed by atoms with Gasteiger partial charge in [0.2, 0.25) is 0 Å². The molecule has 2 atom stereocenters. The van der Waals surface area contributed by atoms with Crippen LogP contribution < -0.4 is 5.32 Å². The van der Waals surface area contributed by atoms with Gasteiger partial charge in [-0.15, -0.1) is 0 Å². The van der Waals surface area contributed by atoms with Gasteiger partial charge in [0.15, 0.2) is 0 Å². The van der Waals surface area contributed by atoms with Crippen LogP contribution in [0.25, 0.3) is 0 Å². The Kier molecular flexibility index (Phi) is 5.50. The maximum Gasteiger partial charge on any atom is 0.122 e. The van der Waals surface area contributed by atoms with Crippen molar-refractivity contribution in [1.82, 2.24) is 10.2 Å². The largest absolute Gasteiger partial charge is 0.468 e. The van der Waals surface area contributed by atoms with Crippen LogP contribution in [0.15, 0.2) is 16.7 Å². The van der Waals surface area contributed by atoms with Crippen molar-refractivity contribution in [3.63, 3.8) is 0 Å². The van der Waals surface area contributed by atoms with E-state index >= 15 is 0 Å². The number of hydrogen-bond acceptors (Lipinski definition) is 3. The molecule has 0 bridgehead atoms. The number of nitrogens with one attached hydrogen (secondary N) is 1. The predicted molar refractivity (Wildman–Crippen MR) is 88.2 cm³/mol. The monoisotopic (exact) mass is 292 g/mol. The summed E-state index contributed by atoms with van der Waals surface area (Å²) in [5, 5.41) is 3.51. The van der Waals surface area contributed by atoms with Crippen molar-refractivity contribution in [2.75, 3.05) is 7.05 Å². The van der Waals surface area contributed by atoms with E-state index in [1.165, 1.54) is 31.2 Å². The maximum absolute atomic E-state index is 5.69. The van der Waals surface area contributed by atoms with Crippen LogP contribution in [-0.4, -0.2) is 23.5 Å². The minimum Gasteiger partial charge on any atom is -0.468 e. The molecule has 3 nitrogen and oxygen atoms in total. The summed E-state index contributed by atoms with van der Waals surface area (Å²) in [6.45, 7) is 10.8. The first-order valence-electron chi connectivity index (χ1n) is 8.37. The molecular formula is C18H32N2O. The van der Waals surface area contributed by atoms with Crippen LogP contribution >= 0.6 is 0 Å². The average Bonchev–Trinajstić information content (AvgIpc) is 2.83. The summed E-state index contributed by atoms with van der Waals surface area (Å²) in [5.74, 6) is 1.90. The molecule has 2 rings (SSSR count). The van der Waals surface area contributed by atoms with Gasteiger partial charge in [0.25, 0.3) is 0 Å². The topological polar surface area (TPSA) is 28.4 Å². The number of hydrogen-bond donors (Lipinski definition) is 1. The molecule has 1 aromatic heterocycles. The summed E-state index contributed by atoms with van der Waals surface area (Å²) in [5.41, 5.74) is 1.44. The van der Waals surface area contributed by atoms with Crippen molar-refractivity contribution in [2.24, 2.45) is 5.92 Å². The van der Waals surface area contributed by atoms with Crippen molar-refractivity contribution in [3.05, 3.63) is 23.7 Å². The van der Waals surface area contributed by atoms with Gasteiger partial charge in [-0.25, -0.2) is 0 Å². The minimum absolute atomic E-state index is 0.119. The van der Waals surface area contributed by atoms with Crippen molar-refractivity contribution in [2.45, 2.75) is 78.0 Å². The van der Waals surface area contributed by atoms with Gasteiger partial charge in [-0.1, -0.05) is 19.8 Å². The highest BCUT2D eigenvalue weighted by Gasteiger charge is 2.25. The lowest BCUT2D eigenvalue weighted by Crippen LogP contribution is -2.39. The third-order valence-corrected chi connectivity index (χ3v) is 4.67. The molecule has 0 amide bonds. The van der Waals surface area contributed by atoms with Crippen molar-refractivity contribution in [1.29, 1.82) is 0 Å². The summed E-state index contributed by atoms with van der Waals surface area (Å²) >= 11 is 0. The fraction of sp³-hybridized carbons (Fsp3) is 0.778. The van der Waals surface area contributed by atoms with Crippen molar-refractivity contribution >= 4 is 0 Å². The second-order valence-electron chi connectivity index (χ2n) is 7.72. The van der Waals surface area contributed by atoms with Gasteiger partial charge in [0, 0.05) is 23.7 Å². The summed E-state index contributed by atoms with van der Waals surface area (Å²) in [7, 11) is 2.26. The van der Waals surface area contributed by atoms with E-state index < -0.39 is 0 Å². The molecule has 0 radical (unpaired) electrons. The van der Waals surface area contributed by atoms with Gasteiger partial charge in [0.05, 0.1) is 12.8 Å². The van der Waals surface area contributed by atoms with Crippen LogP contribution in [-0.2, 0) is 13.1 Å². The Hall–Kier alpha value is -0.800. The molecule has 1 aliphatic rings. The molecular weight excluding hydrogens is 260 g/mol. The first kappa shape index (κ1) is 16.6. The molecule has 1 N–H and O–H groups in total. The second-order valence-corrected chi connectivity index (χ2v) is 7.72. The molecule has 2 unspecified atom stereocenters. The molecule has 120 valence electrons.